The molecule has 3 N–H and O–H groups in total. The molecular formula is C15H12BrN3O2. The Bertz CT molecular complexity index is 710. The topological polar surface area (TPSA) is 88.1 Å². The van der Waals surface area contributed by atoms with Crippen LogP contribution in [0.2, 0.25) is 0 Å². The van der Waals surface area contributed by atoms with Crippen LogP contribution in [0.15, 0.2) is 46.9 Å². The molecule has 106 valence electrons. The number of nitrogens with one attached hydrogen (secondary N) is 1. The summed E-state index contributed by atoms with van der Waals surface area (Å²) in [6.45, 7) is -0.189. The van der Waals surface area contributed by atoms with Crippen molar-refractivity contribution in [2.75, 3.05) is 17.7 Å². The van der Waals surface area contributed by atoms with E-state index in [0.717, 1.165) is 4.47 Å². The van der Waals surface area contributed by atoms with Crippen molar-refractivity contribution in [2.24, 2.45) is 0 Å². The van der Waals surface area contributed by atoms with Crippen LogP contribution in [-0.4, -0.2) is 12.5 Å². The Morgan fingerprint density at radius 2 is 2.14 bits per heavy atom. The third-order valence-electron chi connectivity index (χ3n) is 2.59. The number of nitrogens with two attached hydrogens (primary N) is 1. The summed E-state index contributed by atoms with van der Waals surface area (Å²) < 4.78 is 6.21. The fraction of sp³-hybridized carbons (Fsp3) is 0.0667. The predicted molar refractivity (Wildman–Crippen MR) is 83.8 cm³/mol. The molecule has 0 saturated carbocycles. The number of benzene rings is 2. The summed E-state index contributed by atoms with van der Waals surface area (Å²) in [5.74, 6) is 0.0184. The van der Waals surface area contributed by atoms with Crippen molar-refractivity contribution >= 4 is 33.2 Å². The number of ether oxygens (including phenoxy) is 1. The Labute approximate surface area is 130 Å². The number of nitrogen functional groups attached to an aromatic ring is 1. The minimum atomic E-state index is -0.311. The molecule has 0 radical (unpaired) electrons. The van der Waals surface area contributed by atoms with Crippen LogP contribution in [0.3, 0.4) is 0 Å². The summed E-state index contributed by atoms with van der Waals surface area (Å²) in [6.07, 6.45) is 0. The first-order chi connectivity index (χ1) is 10.1. The maximum absolute atomic E-state index is 11.8. The summed E-state index contributed by atoms with van der Waals surface area (Å²) in [6, 6.07) is 13.9. The molecule has 0 atom stereocenters. The first-order valence-electron chi connectivity index (χ1n) is 6.06. The van der Waals surface area contributed by atoms with E-state index in [-0.39, 0.29) is 12.5 Å². The number of rotatable bonds is 4. The lowest BCUT2D eigenvalue weighted by Crippen LogP contribution is -2.20. The van der Waals surface area contributed by atoms with Gasteiger partial charge in [0.15, 0.2) is 6.61 Å². The van der Waals surface area contributed by atoms with E-state index in [1.165, 1.54) is 6.07 Å². The number of halogens is 1. The number of carbonyl (C=O) groups excluding carboxylic acids is 1. The zero-order chi connectivity index (χ0) is 15.2. The van der Waals surface area contributed by atoms with Crippen molar-refractivity contribution in [1.82, 2.24) is 0 Å². The van der Waals surface area contributed by atoms with E-state index < -0.39 is 0 Å². The molecule has 0 spiro atoms. The molecule has 0 heterocycles. The first-order valence-corrected chi connectivity index (χ1v) is 6.85. The van der Waals surface area contributed by atoms with Crippen molar-refractivity contribution in [3.05, 3.63) is 52.5 Å². The van der Waals surface area contributed by atoms with E-state index in [0.29, 0.717) is 22.7 Å². The van der Waals surface area contributed by atoms with E-state index >= 15 is 0 Å². The molecule has 0 aliphatic carbocycles. The number of carbonyl (C=O) groups is 1. The number of hydrogen-bond donors (Lipinski definition) is 2. The summed E-state index contributed by atoms with van der Waals surface area (Å²) in [5, 5.41) is 11.7. The van der Waals surface area contributed by atoms with Crippen LogP contribution < -0.4 is 15.8 Å². The number of anilines is 2. The Morgan fingerprint density at radius 3 is 2.86 bits per heavy atom. The van der Waals surface area contributed by atoms with Gasteiger partial charge in [-0.3, -0.25) is 4.79 Å². The van der Waals surface area contributed by atoms with Crippen LogP contribution in [0.25, 0.3) is 0 Å². The van der Waals surface area contributed by atoms with Gasteiger partial charge < -0.3 is 15.8 Å². The average molecular weight is 346 g/mol. The minimum absolute atomic E-state index is 0.189. The molecule has 21 heavy (non-hydrogen) atoms. The molecule has 0 aromatic heterocycles. The van der Waals surface area contributed by atoms with Crippen molar-refractivity contribution < 1.29 is 9.53 Å². The highest BCUT2D eigenvalue weighted by atomic mass is 79.9. The summed E-state index contributed by atoms with van der Waals surface area (Å²) >= 11 is 3.32. The molecule has 1 amide bonds. The second kappa shape index (κ2) is 6.77. The standard InChI is InChI=1S/C15H12BrN3O2/c16-11-2-1-3-13(7-11)19-15(20)9-21-14-5-4-12(18)6-10(14)8-17/h1-7H,9,18H2,(H,19,20). The minimum Gasteiger partial charge on any atom is -0.482 e. The van der Waals surface area contributed by atoms with Crippen molar-refractivity contribution in [3.8, 4) is 11.8 Å². The van der Waals surface area contributed by atoms with Crippen LogP contribution in [-0.2, 0) is 4.79 Å². The quantitative estimate of drug-likeness (QED) is 0.833. The monoisotopic (exact) mass is 345 g/mol. The normalized spacial score (nSPS) is 9.71. The Morgan fingerprint density at radius 1 is 1.33 bits per heavy atom. The molecule has 2 aromatic carbocycles. The van der Waals surface area contributed by atoms with Crippen LogP contribution in [0, 0.1) is 11.3 Å². The van der Waals surface area contributed by atoms with Gasteiger partial charge in [-0.1, -0.05) is 22.0 Å². The van der Waals surface area contributed by atoms with Gasteiger partial charge in [-0.15, -0.1) is 0 Å². The molecule has 5 nitrogen and oxygen atoms in total. The number of hydrogen-bond acceptors (Lipinski definition) is 4. The summed E-state index contributed by atoms with van der Waals surface area (Å²) in [5.41, 5.74) is 7.01. The van der Waals surface area contributed by atoms with Crippen LogP contribution in [0.4, 0.5) is 11.4 Å². The Kier molecular flexibility index (Phi) is 4.80. The van der Waals surface area contributed by atoms with E-state index in [1.807, 2.05) is 18.2 Å². The maximum atomic E-state index is 11.8. The SMILES string of the molecule is N#Cc1cc(N)ccc1OCC(=O)Nc1cccc(Br)c1. The van der Waals surface area contributed by atoms with Gasteiger partial charge in [0.2, 0.25) is 0 Å². The van der Waals surface area contributed by atoms with E-state index in [2.05, 4.69) is 21.2 Å². The van der Waals surface area contributed by atoms with Gasteiger partial charge in [-0.05, 0) is 36.4 Å². The van der Waals surface area contributed by atoms with Gasteiger partial charge in [0.05, 0.1) is 5.56 Å². The van der Waals surface area contributed by atoms with Gasteiger partial charge in [-0.2, -0.15) is 5.26 Å². The highest BCUT2D eigenvalue weighted by molar-refractivity contribution is 9.10. The van der Waals surface area contributed by atoms with E-state index in [9.17, 15) is 4.79 Å². The van der Waals surface area contributed by atoms with Crippen LogP contribution >= 0.6 is 15.9 Å². The van der Waals surface area contributed by atoms with Crippen molar-refractivity contribution in [1.29, 1.82) is 5.26 Å². The molecule has 2 aromatic rings. The van der Waals surface area contributed by atoms with E-state index in [4.69, 9.17) is 15.7 Å². The van der Waals surface area contributed by atoms with Crippen LogP contribution in [0.1, 0.15) is 5.56 Å². The van der Waals surface area contributed by atoms with Crippen LogP contribution in [0.5, 0.6) is 5.75 Å². The molecule has 0 bridgehead atoms. The smallest absolute Gasteiger partial charge is 0.262 e. The first kappa shape index (κ1) is 14.9. The fourth-order valence-corrected chi connectivity index (χ4v) is 2.07. The fourth-order valence-electron chi connectivity index (χ4n) is 1.67. The molecule has 0 aliphatic heterocycles. The van der Waals surface area contributed by atoms with Gasteiger partial charge in [-0.25, -0.2) is 0 Å². The van der Waals surface area contributed by atoms with Crippen molar-refractivity contribution in [2.45, 2.75) is 0 Å². The third-order valence-corrected chi connectivity index (χ3v) is 3.08. The van der Waals surface area contributed by atoms with Gasteiger partial charge in [0, 0.05) is 15.8 Å². The third kappa shape index (κ3) is 4.23. The molecular weight excluding hydrogens is 334 g/mol. The number of nitriles is 1. The number of amides is 1. The maximum Gasteiger partial charge on any atom is 0.262 e. The Balaban J connectivity index is 1.97. The molecule has 0 aliphatic rings. The highest BCUT2D eigenvalue weighted by Crippen LogP contribution is 2.20. The molecule has 0 fully saturated rings. The lowest BCUT2D eigenvalue weighted by molar-refractivity contribution is -0.118. The lowest BCUT2D eigenvalue weighted by Gasteiger charge is -2.09. The summed E-state index contributed by atoms with van der Waals surface area (Å²) in [4.78, 5) is 11.8. The zero-order valence-electron chi connectivity index (χ0n) is 11.0. The summed E-state index contributed by atoms with van der Waals surface area (Å²) in [7, 11) is 0. The lowest BCUT2D eigenvalue weighted by atomic mass is 10.2. The molecule has 2 rings (SSSR count). The van der Waals surface area contributed by atoms with E-state index in [1.54, 1.807) is 24.3 Å². The average Bonchev–Trinajstić information content (AvgIpc) is 2.45. The Hall–Kier alpha value is -2.52. The van der Waals surface area contributed by atoms with Gasteiger partial charge in [0.1, 0.15) is 11.8 Å². The number of nitrogens with zero attached hydrogens (tertiary/aromatic N) is 1. The van der Waals surface area contributed by atoms with Gasteiger partial charge in [0.25, 0.3) is 5.91 Å². The molecule has 0 saturated heterocycles. The highest BCUT2D eigenvalue weighted by Gasteiger charge is 2.08. The molecule has 0 unspecified atom stereocenters. The van der Waals surface area contributed by atoms with Crippen molar-refractivity contribution in [3.63, 3.8) is 0 Å². The largest absolute Gasteiger partial charge is 0.482 e. The zero-order valence-corrected chi connectivity index (χ0v) is 12.6. The second-order valence-corrected chi connectivity index (χ2v) is 5.13. The molecule has 6 heteroatoms. The second-order valence-electron chi connectivity index (χ2n) is 4.21. The van der Waals surface area contributed by atoms with Gasteiger partial charge >= 0.3 is 0 Å². The predicted octanol–water partition coefficient (Wildman–Crippen LogP) is 2.92.